The minimum Gasteiger partial charge on any atom is -0.337 e. The van der Waals surface area contributed by atoms with Crippen molar-refractivity contribution in [3.05, 3.63) is 54.4 Å². The predicted octanol–water partition coefficient (Wildman–Crippen LogP) is 4.51. The Morgan fingerprint density at radius 2 is 2.08 bits per heavy atom. The van der Waals surface area contributed by atoms with Gasteiger partial charge in [-0.3, -0.25) is 4.79 Å². The zero-order chi connectivity index (χ0) is 17.5. The number of aromatic nitrogens is 1. The van der Waals surface area contributed by atoms with Crippen LogP contribution in [0.4, 0.5) is 0 Å². The second-order valence-corrected chi connectivity index (χ2v) is 7.15. The van der Waals surface area contributed by atoms with Crippen LogP contribution in [-0.2, 0) is 6.42 Å². The first-order valence-corrected chi connectivity index (χ1v) is 9.05. The van der Waals surface area contributed by atoms with Gasteiger partial charge in [-0.15, -0.1) is 0 Å². The van der Waals surface area contributed by atoms with E-state index in [9.17, 15) is 4.79 Å². The third kappa shape index (κ3) is 5.05. The highest BCUT2D eigenvalue weighted by atomic mass is 16.2. The molecule has 130 valence electrons. The highest BCUT2D eigenvalue weighted by Gasteiger charge is 2.22. The number of rotatable bonds is 6. The molecule has 1 fully saturated rings. The molecule has 1 aliphatic rings. The predicted molar refractivity (Wildman–Crippen MR) is 99.9 cm³/mol. The van der Waals surface area contributed by atoms with E-state index in [0.717, 1.165) is 44.0 Å². The second-order valence-electron chi connectivity index (χ2n) is 7.15. The Hall–Kier alpha value is -1.90. The van der Waals surface area contributed by atoms with Gasteiger partial charge in [-0.05, 0) is 49.1 Å². The molecule has 1 amide bonds. The topological polar surface area (TPSA) is 33.2 Å². The first-order chi connectivity index (χ1) is 11.5. The van der Waals surface area contributed by atoms with E-state index in [2.05, 4.69) is 38.4 Å². The lowest BCUT2D eigenvalue weighted by atomic mass is 9.91. The van der Waals surface area contributed by atoms with E-state index in [0.29, 0.717) is 17.5 Å². The summed E-state index contributed by atoms with van der Waals surface area (Å²) in [5.41, 5.74) is 1.58. The van der Waals surface area contributed by atoms with Crippen molar-refractivity contribution in [3.63, 3.8) is 0 Å². The van der Waals surface area contributed by atoms with E-state index in [1.165, 1.54) is 0 Å². The summed E-state index contributed by atoms with van der Waals surface area (Å²) in [6.45, 7) is 12.1. The molecule has 3 nitrogen and oxygen atoms in total. The second kappa shape index (κ2) is 8.81. The van der Waals surface area contributed by atoms with Crippen LogP contribution in [0.3, 0.4) is 0 Å². The summed E-state index contributed by atoms with van der Waals surface area (Å²) in [6.07, 6.45) is 9.03. The summed E-state index contributed by atoms with van der Waals surface area (Å²) in [7, 11) is 0. The van der Waals surface area contributed by atoms with E-state index in [1.807, 2.05) is 29.2 Å². The van der Waals surface area contributed by atoms with E-state index in [-0.39, 0.29) is 5.91 Å². The molecule has 1 aliphatic heterocycles. The van der Waals surface area contributed by atoms with Gasteiger partial charge in [-0.1, -0.05) is 51.6 Å². The quantitative estimate of drug-likeness (QED) is 0.721. The van der Waals surface area contributed by atoms with Crippen molar-refractivity contribution in [3.8, 4) is 0 Å². The van der Waals surface area contributed by atoms with E-state index in [4.69, 9.17) is 0 Å². The molecule has 3 heteroatoms. The van der Waals surface area contributed by atoms with Gasteiger partial charge in [0.05, 0.1) is 0 Å². The van der Waals surface area contributed by atoms with Crippen LogP contribution in [0.1, 0.15) is 49.8 Å². The Kier molecular flexibility index (Phi) is 6.77. The minimum atomic E-state index is 0.0796. The van der Waals surface area contributed by atoms with E-state index < -0.39 is 0 Å². The smallest absolute Gasteiger partial charge is 0.272 e. The maximum absolute atomic E-state index is 12.7. The Morgan fingerprint density at radius 3 is 2.75 bits per heavy atom. The van der Waals surface area contributed by atoms with Gasteiger partial charge in [-0.25, -0.2) is 4.98 Å². The van der Waals surface area contributed by atoms with Crippen LogP contribution in [0.2, 0.25) is 0 Å². The maximum atomic E-state index is 12.7. The Labute approximate surface area is 146 Å². The van der Waals surface area contributed by atoms with Gasteiger partial charge in [0.2, 0.25) is 0 Å². The fourth-order valence-electron chi connectivity index (χ4n) is 3.05. The number of amides is 1. The number of piperidine rings is 1. The fraction of sp³-hybridized carbons (Fsp3) is 0.524. The summed E-state index contributed by atoms with van der Waals surface area (Å²) >= 11 is 0. The van der Waals surface area contributed by atoms with Crippen LogP contribution in [0.25, 0.3) is 0 Å². The fourth-order valence-corrected chi connectivity index (χ4v) is 3.05. The summed E-state index contributed by atoms with van der Waals surface area (Å²) in [5, 5.41) is 0. The number of likely N-dealkylation sites (tertiary alicyclic amines) is 1. The highest BCUT2D eigenvalue weighted by Crippen LogP contribution is 2.20. The lowest BCUT2D eigenvalue weighted by Gasteiger charge is -2.30. The van der Waals surface area contributed by atoms with Gasteiger partial charge in [0.15, 0.2) is 0 Å². The van der Waals surface area contributed by atoms with Crippen molar-refractivity contribution in [2.24, 2.45) is 17.8 Å². The van der Waals surface area contributed by atoms with E-state index >= 15 is 0 Å². The van der Waals surface area contributed by atoms with Gasteiger partial charge >= 0.3 is 0 Å². The normalized spacial score (nSPS) is 18.5. The van der Waals surface area contributed by atoms with Crippen LogP contribution in [0.15, 0.2) is 43.0 Å². The van der Waals surface area contributed by atoms with Crippen LogP contribution in [-0.4, -0.2) is 28.9 Å². The molecule has 2 rings (SSSR count). The summed E-state index contributed by atoms with van der Waals surface area (Å²) in [6, 6.07) is 5.82. The SMILES string of the molecule is C=C/C=C\C(C)C(C)Cc1cccc(C(=O)N2CCC(C)CC2)n1. The molecule has 0 bridgehead atoms. The van der Waals surface area contributed by atoms with Crippen LogP contribution in [0, 0.1) is 17.8 Å². The zero-order valence-corrected chi connectivity index (χ0v) is 15.2. The lowest BCUT2D eigenvalue weighted by Crippen LogP contribution is -2.38. The van der Waals surface area contributed by atoms with Crippen molar-refractivity contribution >= 4 is 5.91 Å². The summed E-state index contributed by atoms with van der Waals surface area (Å²) < 4.78 is 0. The van der Waals surface area contributed by atoms with E-state index in [1.54, 1.807) is 6.08 Å². The van der Waals surface area contributed by atoms with Gasteiger partial charge in [0.1, 0.15) is 5.69 Å². The molecular formula is C21H30N2O. The third-order valence-electron chi connectivity index (χ3n) is 5.08. The van der Waals surface area contributed by atoms with Crippen LogP contribution in [0.5, 0.6) is 0 Å². The largest absolute Gasteiger partial charge is 0.337 e. The number of hydrogen-bond acceptors (Lipinski definition) is 2. The average Bonchev–Trinajstić information content (AvgIpc) is 2.59. The molecule has 1 saturated heterocycles. The van der Waals surface area contributed by atoms with Crippen molar-refractivity contribution in [1.29, 1.82) is 0 Å². The molecular weight excluding hydrogens is 296 g/mol. The number of allylic oxidation sites excluding steroid dienone is 3. The number of carbonyl (C=O) groups excluding carboxylic acids is 1. The Morgan fingerprint density at radius 1 is 1.38 bits per heavy atom. The molecule has 0 aliphatic carbocycles. The Balaban J connectivity index is 2.01. The van der Waals surface area contributed by atoms with Crippen molar-refractivity contribution in [2.45, 2.75) is 40.0 Å². The average molecular weight is 326 g/mol. The molecule has 2 unspecified atom stereocenters. The molecule has 0 N–H and O–H groups in total. The molecule has 0 radical (unpaired) electrons. The van der Waals surface area contributed by atoms with Crippen molar-refractivity contribution in [1.82, 2.24) is 9.88 Å². The van der Waals surface area contributed by atoms with Gasteiger partial charge in [0.25, 0.3) is 5.91 Å². The van der Waals surface area contributed by atoms with Gasteiger partial charge < -0.3 is 4.90 Å². The minimum absolute atomic E-state index is 0.0796. The number of nitrogens with zero attached hydrogens (tertiary/aromatic N) is 2. The molecule has 1 aromatic rings. The number of hydrogen-bond donors (Lipinski definition) is 0. The lowest BCUT2D eigenvalue weighted by molar-refractivity contribution is 0.0691. The van der Waals surface area contributed by atoms with Crippen molar-refractivity contribution in [2.75, 3.05) is 13.1 Å². The number of carbonyl (C=O) groups is 1. The molecule has 24 heavy (non-hydrogen) atoms. The summed E-state index contributed by atoms with van der Waals surface area (Å²) in [4.78, 5) is 19.2. The van der Waals surface area contributed by atoms with Crippen molar-refractivity contribution < 1.29 is 4.79 Å². The zero-order valence-electron chi connectivity index (χ0n) is 15.2. The maximum Gasteiger partial charge on any atom is 0.272 e. The standard InChI is InChI=1S/C21H30N2O/c1-5-6-8-17(3)18(4)15-19-9-7-10-20(22-19)21(24)23-13-11-16(2)12-14-23/h5-10,16-18H,1,11-15H2,2-4H3/b8-6-. The Bertz CT molecular complexity index is 585. The van der Waals surface area contributed by atoms with Crippen LogP contribution < -0.4 is 0 Å². The summed E-state index contributed by atoms with van der Waals surface area (Å²) in [5.74, 6) is 1.72. The first-order valence-electron chi connectivity index (χ1n) is 9.05. The first kappa shape index (κ1) is 18.4. The molecule has 2 atom stereocenters. The molecule has 0 spiro atoms. The van der Waals surface area contributed by atoms with Gasteiger partial charge in [-0.2, -0.15) is 0 Å². The molecule has 0 saturated carbocycles. The molecule has 1 aromatic heterocycles. The molecule has 0 aromatic carbocycles. The monoisotopic (exact) mass is 326 g/mol. The third-order valence-corrected chi connectivity index (χ3v) is 5.08. The van der Waals surface area contributed by atoms with Gasteiger partial charge in [0, 0.05) is 18.8 Å². The highest BCUT2D eigenvalue weighted by molar-refractivity contribution is 5.92. The molecule has 2 heterocycles. The van der Waals surface area contributed by atoms with Crippen LogP contribution >= 0.6 is 0 Å². The number of pyridine rings is 1.